The molecule has 2 heterocycles. The molecular formula is C45H48F2N2O9S. The summed E-state index contributed by atoms with van der Waals surface area (Å²) in [5, 5.41) is 24.9. The van der Waals surface area contributed by atoms with Gasteiger partial charge in [0.05, 0.1) is 6.10 Å². The summed E-state index contributed by atoms with van der Waals surface area (Å²) in [5.74, 6) is -3.22. The van der Waals surface area contributed by atoms with Crippen LogP contribution in [0.5, 0.6) is 0 Å². The summed E-state index contributed by atoms with van der Waals surface area (Å²) in [7, 11) is 0. The number of alkyl halides is 2. The van der Waals surface area contributed by atoms with Crippen molar-refractivity contribution in [2.45, 2.75) is 111 Å². The average molecular weight is 831 g/mol. The van der Waals surface area contributed by atoms with E-state index in [1.807, 2.05) is 49.4 Å². The number of hydrogen-bond donors (Lipinski definition) is 3. The molecule has 11 nitrogen and oxygen atoms in total. The fraction of sp³-hybridized carbons (Fsp3) is 0.489. The second-order valence-corrected chi connectivity index (χ2v) is 18.2. The molecule has 312 valence electrons. The first-order chi connectivity index (χ1) is 28.1. The molecule has 0 aromatic heterocycles. The molecule has 1 saturated heterocycles. The average Bonchev–Trinajstić information content (AvgIpc) is 3.85. The number of fused-ring (bicyclic) bond motifs is 6. The van der Waals surface area contributed by atoms with Gasteiger partial charge >= 0.3 is 0 Å². The molecule has 0 unspecified atom stereocenters. The minimum Gasteiger partial charge on any atom is -0.390 e. The Balaban J connectivity index is 0.928. The second kappa shape index (κ2) is 15.6. The molecule has 3 saturated carbocycles. The summed E-state index contributed by atoms with van der Waals surface area (Å²) < 4.78 is 46.9. The first-order valence-corrected chi connectivity index (χ1v) is 21.1. The number of nitrogens with one attached hydrogen (secondary N) is 1. The number of imide groups is 1. The van der Waals surface area contributed by atoms with E-state index in [-0.39, 0.29) is 42.6 Å². The summed E-state index contributed by atoms with van der Waals surface area (Å²) >= 11 is 1.47. The van der Waals surface area contributed by atoms with Gasteiger partial charge in [-0.2, -0.15) is 0 Å². The molecule has 1 spiro atoms. The number of ketones is 2. The van der Waals surface area contributed by atoms with Crippen LogP contribution in [0.2, 0.25) is 0 Å². The number of halogens is 2. The van der Waals surface area contributed by atoms with Gasteiger partial charge in [-0.3, -0.25) is 28.9 Å². The van der Waals surface area contributed by atoms with E-state index >= 15 is 8.78 Å². The van der Waals surface area contributed by atoms with Gasteiger partial charge in [-0.1, -0.05) is 49.4 Å². The number of ether oxygens (including phenoxy) is 2. The molecule has 2 aromatic carbocycles. The van der Waals surface area contributed by atoms with Crippen molar-refractivity contribution in [1.82, 2.24) is 4.90 Å². The van der Waals surface area contributed by atoms with E-state index in [1.165, 1.54) is 41.0 Å². The third kappa shape index (κ3) is 6.84. The van der Waals surface area contributed by atoms with Crippen LogP contribution in [0.1, 0.15) is 77.1 Å². The van der Waals surface area contributed by atoms with Crippen LogP contribution in [0.4, 0.5) is 14.5 Å². The number of Topliss-reactive ketones (excluding diaryl/α,β-unsaturated/α-hetero) is 1. The molecule has 59 heavy (non-hydrogen) atoms. The summed E-state index contributed by atoms with van der Waals surface area (Å²) in [4.78, 5) is 64.7. The Labute approximate surface area is 345 Å². The Bertz CT molecular complexity index is 2140. The Hall–Kier alpha value is -4.34. The highest BCUT2D eigenvalue weighted by molar-refractivity contribution is 7.99. The number of aliphatic hydroxyl groups is 2. The summed E-state index contributed by atoms with van der Waals surface area (Å²) in [5.41, 5.74) is -4.89. The molecule has 0 radical (unpaired) electrons. The monoisotopic (exact) mass is 830 g/mol. The van der Waals surface area contributed by atoms with Gasteiger partial charge in [-0.05, 0) is 99.4 Å². The van der Waals surface area contributed by atoms with Gasteiger partial charge < -0.3 is 25.0 Å². The molecular weight excluding hydrogens is 783 g/mol. The van der Waals surface area contributed by atoms with Crippen LogP contribution in [-0.4, -0.2) is 87.2 Å². The number of aliphatic hydroxyl groups excluding tert-OH is 2. The van der Waals surface area contributed by atoms with Gasteiger partial charge in [0.1, 0.15) is 18.4 Å². The molecule has 2 aromatic rings. The number of carbonyl (C=O) groups excluding carboxylic acids is 5. The number of benzene rings is 2. The SMILES string of the molecule is C[C@]12C=CC(=O)C=C1[C@@H](F)C[C@H]1[C@@H]3CC[C@@]4(O[C@H](c5ccc(Sc6cccc(NC(=O)CCCCCN7C(=O)C=CC7=O)c6)cc5)O[C@H]4C(=O)CO)[C@@]3(C)C[C@H](O)[C@@]12F. The number of hydrogen-bond acceptors (Lipinski definition) is 10. The zero-order valence-corrected chi connectivity index (χ0v) is 33.7. The number of nitrogens with zero attached hydrogens (tertiary/aromatic N) is 1. The molecule has 14 heteroatoms. The Kier molecular flexibility index (Phi) is 10.9. The Morgan fingerprint density at radius 1 is 0.983 bits per heavy atom. The van der Waals surface area contributed by atoms with Crippen molar-refractivity contribution >= 4 is 46.7 Å². The minimum atomic E-state index is -2.28. The van der Waals surface area contributed by atoms with E-state index in [4.69, 9.17) is 9.47 Å². The standard InChI is InChI=1S/C45H48F2N2O9S/c1-42-18-16-28(51)22-33(42)34(46)23-32-31-17-19-44(43(31,2)24-36(53)45(32,42)47)40(35(52)25-50)57-41(58-44)26-10-12-29(13-11-26)59-30-8-6-7-27(21-30)48-37(54)9-4-3-5-20-49-38(55)14-15-39(49)56/h6-8,10-16,18,21-22,31-32,34,36,40-41,50,53H,3-5,9,17,19-20,23-25H2,1-2H3,(H,48,54)/t31-,32-,34-,36-,40-,41+,42-,43-,44-,45-/m0/s1. The van der Waals surface area contributed by atoms with Gasteiger partial charge in [0.25, 0.3) is 11.8 Å². The molecule has 4 aliphatic carbocycles. The molecule has 8 rings (SSSR count). The quantitative estimate of drug-likeness (QED) is 0.164. The summed E-state index contributed by atoms with van der Waals surface area (Å²) in [6, 6.07) is 14.8. The van der Waals surface area contributed by atoms with Gasteiger partial charge in [-0.15, -0.1) is 0 Å². The highest BCUT2D eigenvalue weighted by Gasteiger charge is 2.77. The van der Waals surface area contributed by atoms with Crippen LogP contribution in [0.25, 0.3) is 0 Å². The van der Waals surface area contributed by atoms with Crippen molar-refractivity contribution in [3.8, 4) is 0 Å². The van der Waals surface area contributed by atoms with Crippen molar-refractivity contribution < 1.29 is 52.4 Å². The lowest BCUT2D eigenvalue weighted by molar-refractivity contribution is -0.230. The topological polar surface area (TPSA) is 160 Å². The number of unbranched alkanes of at least 4 members (excludes halogenated alkanes) is 2. The Morgan fingerprint density at radius 2 is 1.73 bits per heavy atom. The fourth-order valence-corrected chi connectivity index (χ4v) is 11.9. The lowest BCUT2D eigenvalue weighted by Gasteiger charge is -2.63. The van der Waals surface area contributed by atoms with Crippen LogP contribution < -0.4 is 5.32 Å². The number of rotatable bonds is 12. The van der Waals surface area contributed by atoms with E-state index in [1.54, 1.807) is 13.0 Å². The molecule has 0 bridgehead atoms. The number of carbonyl (C=O) groups is 5. The van der Waals surface area contributed by atoms with Crippen molar-refractivity contribution in [1.29, 1.82) is 0 Å². The predicted octanol–water partition coefficient (Wildman–Crippen LogP) is 6.29. The van der Waals surface area contributed by atoms with Gasteiger partial charge in [0.15, 0.2) is 29.6 Å². The van der Waals surface area contributed by atoms with Crippen LogP contribution in [0, 0.1) is 22.7 Å². The van der Waals surface area contributed by atoms with Crippen LogP contribution >= 0.6 is 11.8 Å². The highest BCUT2D eigenvalue weighted by atomic mass is 32.2. The van der Waals surface area contributed by atoms with Crippen molar-refractivity contribution in [2.75, 3.05) is 18.5 Å². The summed E-state index contributed by atoms with van der Waals surface area (Å²) in [6.07, 6.45) is 3.47. The fourth-order valence-electron chi connectivity index (χ4n) is 11.0. The zero-order valence-electron chi connectivity index (χ0n) is 32.9. The van der Waals surface area contributed by atoms with E-state index in [0.717, 1.165) is 15.9 Å². The minimum absolute atomic E-state index is 0.0421. The molecule has 2 aliphatic heterocycles. The number of amides is 3. The van der Waals surface area contributed by atoms with Gasteiger partial charge in [-0.25, -0.2) is 8.78 Å². The van der Waals surface area contributed by atoms with Gasteiger partial charge in [0, 0.05) is 62.9 Å². The Morgan fingerprint density at radius 3 is 2.46 bits per heavy atom. The lowest BCUT2D eigenvalue weighted by atomic mass is 9.44. The molecule has 4 fully saturated rings. The van der Waals surface area contributed by atoms with Crippen molar-refractivity contribution in [3.63, 3.8) is 0 Å². The zero-order chi connectivity index (χ0) is 41.9. The van der Waals surface area contributed by atoms with Gasteiger partial charge in [0.2, 0.25) is 5.91 Å². The maximum absolute atomic E-state index is 17.7. The normalized spacial score (nSPS) is 35.8. The lowest BCUT2D eigenvalue weighted by Crippen LogP contribution is -2.70. The molecule has 3 amide bonds. The van der Waals surface area contributed by atoms with E-state index in [0.29, 0.717) is 49.9 Å². The molecule has 6 aliphatic rings. The van der Waals surface area contributed by atoms with Crippen LogP contribution in [0.3, 0.4) is 0 Å². The van der Waals surface area contributed by atoms with Crippen LogP contribution in [-0.2, 0) is 33.4 Å². The van der Waals surface area contributed by atoms with Crippen molar-refractivity contribution in [3.05, 3.63) is 90.0 Å². The van der Waals surface area contributed by atoms with E-state index in [9.17, 15) is 34.2 Å². The van der Waals surface area contributed by atoms with E-state index in [2.05, 4.69) is 5.32 Å². The largest absolute Gasteiger partial charge is 0.390 e. The maximum Gasteiger partial charge on any atom is 0.253 e. The molecule has 3 N–H and O–H groups in total. The van der Waals surface area contributed by atoms with Crippen molar-refractivity contribution in [2.24, 2.45) is 22.7 Å². The number of anilines is 1. The predicted molar refractivity (Wildman–Crippen MR) is 212 cm³/mol. The molecule has 10 atom stereocenters. The van der Waals surface area contributed by atoms with Crippen LogP contribution in [0.15, 0.2) is 94.3 Å². The summed E-state index contributed by atoms with van der Waals surface area (Å²) in [6.45, 7) is 2.93. The number of allylic oxidation sites excluding steroid dienone is 4. The first kappa shape index (κ1) is 41.4. The third-order valence-electron chi connectivity index (χ3n) is 14.0. The highest BCUT2D eigenvalue weighted by Crippen LogP contribution is 2.72. The smallest absolute Gasteiger partial charge is 0.253 e. The van der Waals surface area contributed by atoms with E-state index < -0.39 is 76.8 Å². The first-order valence-electron chi connectivity index (χ1n) is 20.3. The maximum atomic E-state index is 17.7. The second-order valence-electron chi connectivity index (χ2n) is 17.1. The third-order valence-corrected chi connectivity index (χ3v) is 15.0.